The van der Waals surface area contributed by atoms with Crippen molar-refractivity contribution in [3.8, 4) is 5.75 Å². The monoisotopic (exact) mass is 444 g/mol. The maximum absolute atomic E-state index is 12.4. The number of methoxy groups -OCH3 is 1. The molecule has 1 atom stereocenters. The molecule has 0 saturated heterocycles. The number of fused-ring (bicyclic) bond motifs is 1. The summed E-state index contributed by atoms with van der Waals surface area (Å²) in [6.07, 6.45) is 2.17. The zero-order chi connectivity index (χ0) is 22.5. The highest BCUT2D eigenvalue weighted by Crippen LogP contribution is 2.30. The molecule has 31 heavy (non-hydrogen) atoms. The quantitative estimate of drug-likeness (QED) is 0.670. The number of aryl methyl sites for hydroxylation is 1. The van der Waals surface area contributed by atoms with Crippen molar-refractivity contribution in [2.75, 3.05) is 51.6 Å². The molecule has 0 radical (unpaired) electrons. The van der Waals surface area contributed by atoms with Gasteiger partial charge in [0.15, 0.2) is 0 Å². The van der Waals surface area contributed by atoms with Crippen LogP contribution in [0.25, 0.3) is 0 Å². The van der Waals surface area contributed by atoms with E-state index in [0.29, 0.717) is 23.0 Å². The lowest BCUT2D eigenvalue weighted by molar-refractivity contribution is -0.136. The molecule has 0 aliphatic carbocycles. The molecule has 7 nitrogen and oxygen atoms in total. The Bertz CT molecular complexity index is 964. The number of hydrogen-bond acceptors (Lipinski definition) is 5. The maximum atomic E-state index is 12.4. The number of likely N-dealkylation sites (N-methyl/N-ethyl adjacent to an activating group) is 1. The van der Waals surface area contributed by atoms with Crippen LogP contribution in [0.4, 0.5) is 11.4 Å². The number of carbonyl (C=O) groups excluding carboxylic acids is 2. The van der Waals surface area contributed by atoms with Crippen LogP contribution in [0, 0.1) is 0 Å². The van der Waals surface area contributed by atoms with Gasteiger partial charge in [0, 0.05) is 30.8 Å². The van der Waals surface area contributed by atoms with E-state index in [9.17, 15) is 9.59 Å². The molecule has 0 spiro atoms. The zero-order valence-corrected chi connectivity index (χ0v) is 19.1. The molecule has 166 valence electrons. The molecular formula is C23H29ClN4O3. The summed E-state index contributed by atoms with van der Waals surface area (Å²) in [5, 5.41) is 5.74. The molecule has 2 amide bonds. The van der Waals surface area contributed by atoms with Gasteiger partial charge in [0.25, 0.3) is 0 Å². The molecule has 8 heteroatoms. The molecule has 0 fully saturated rings. The van der Waals surface area contributed by atoms with E-state index in [1.807, 2.05) is 19.0 Å². The van der Waals surface area contributed by atoms with Crippen LogP contribution in [0.2, 0.25) is 5.02 Å². The fourth-order valence-electron chi connectivity index (χ4n) is 3.84. The smallest absolute Gasteiger partial charge is 0.313 e. The van der Waals surface area contributed by atoms with Gasteiger partial charge in [-0.15, -0.1) is 0 Å². The number of ether oxygens (including phenoxy) is 1. The van der Waals surface area contributed by atoms with Crippen LogP contribution in [0.1, 0.15) is 23.6 Å². The van der Waals surface area contributed by atoms with Gasteiger partial charge in [-0.1, -0.05) is 23.7 Å². The van der Waals surface area contributed by atoms with Crippen molar-refractivity contribution in [1.29, 1.82) is 0 Å². The Hall–Kier alpha value is -2.77. The van der Waals surface area contributed by atoms with Gasteiger partial charge in [0.2, 0.25) is 0 Å². The Morgan fingerprint density at radius 1 is 1.19 bits per heavy atom. The Morgan fingerprint density at radius 2 is 1.97 bits per heavy atom. The molecule has 0 bridgehead atoms. The van der Waals surface area contributed by atoms with Crippen LogP contribution >= 0.6 is 11.6 Å². The number of hydrogen-bond donors (Lipinski definition) is 2. The van der Waals surface area contributed by atoms with Crippen molar-refractivity contribution >= 4 is 34.8 Å². The number of amides is 2. The lowest BCUT2D eigenvalue weighted by atomic mass is 9.96. The van der Waals surface area contributed by atoms with Crippen molar-refractivity contribution in [2.24, 2.45) is 0 Å². The minimum atomic E-state index is -0.773. The van der Waals surface area contributed by atoms with Crippen LogP contribution in [-0.4, -0.2) is 58.1 Å². The van der Waals surface area contributed by atoms with Gasteiger partial charge in [-0.05, 0) is 62.3 Å². The van der Waals surface area contributed by atoms with Crippen LogP contribution in [0.15, 0.2) is 36.4 Å². The molecule has 3 rings (SSSR count). The fourth-order valence-corrected chi connectivity index (χ4v) is 4.01. The molecule has 1 aliphatic heterocycles. The topological polar surface area (TPSA) is 73.9 Å². The Labute approximate surface area is 188 Å². The van der Waals surface area contributed by atoms with E-state index >= 15 is 0 Å². The maximum Gasteiger partial charge on any atom is 0.313 e. The van der Waals surface area contributed by atoms with Gasteiger partial charge in [-0.25, -0.2) is 0 Å². The van der Waals surface area contributed by atoms with Crippen molar-refractivity contribution in [2.45, 2.75) is 18.9 Å². The van der Waals surface area contributed by atoms with Crippen LogP contribution in [0.5, 0.6) is 5.75 Å². The van der Waals surface area contributed by atoms with E-state index < -0.39 is 11.8 Å². The van der Waals surface area contributed by atoms with Crippen LogP contribution in [0.3, 0.4) is 0 Å². The molecule has 2 aromatic rings. The minimum Gasteiger partial charge on any atom is -0.495 e. The molecule has 0 aromatic heterocycles. The van der Waals surface area contributed by atoms with E-state index in [1.54, 1.807) is 18.2 Å². The SMILES string of the molecule is COc1ccc(Cl)cc1NC(=O)C(=O)NC[C@@H](c1ccc2c(c1)CCCN2C)N(C)C. The number of rotatable bonds is 6. The van der Waals surface area contributed by atoms with Crippen LogP contribution < -0.4 is 20.3 Å². The average molecular weight is 445 g/mol. The van der Waals surface area contributed by atoms with Gasteiger partial charge in [-0.2, -0.15) is 0 Å². The minimum absolute atomic E-state index is 0.0602. The third-order valence-corrected chi connectivity index (χ3v) is 5.77. The summed E-state index contributed by atoms with van der Waals surface area (Å²) < 4.78 is 5.21. The normalized spacial score (nSPS) is 14.1. The molecule has 1 heterocycles. The summed E-state index contributed by atoms with van der Waals surface area (Å²) in [6.45, 7) is 1.37. The molecule has 2 N–H and O–H groups in total. The molecule has 1 aliphatic rings. The van der Waals surface area contributed by atoms with Crippen molar-refractivity contribution in [3.05, 3.63) is 52.5 Å². The second kappa shape index (κ2) is 10.0. The van der Waals surface area contributed by atoms with Crippen molar-refractivity contribution < 1.29 is 14.3 Å². The van der Waals surface area contributed by atoms with E-state index in [2.05, 4.69) is 40.8 Å². The number of anilines is 2. The Morgan fingerprint density at radius 3 is 2.68 bits per heavy atom. The Balaban J connectivity index is 1.67. The second-order valence-electron chi connectivity index (χ2n) is 7.90. The predicted octanol–water partition coefficient (Wildman–Crippen LogP) is 3.09. The standard InChI is InChI=1S/C23H29ClN4O3/c1-27(2)20(16-7-9-19-15(12-16)6-5-11-28(19)3)14-25-22(29)23(30)26-18-13-17(24)8-10-21(18)31-4/h7-10,12-13,20H,5-6,11,14H2,1-4H3,(H,25,29)(H,26,30)/t20-/m0/s1. The van der Waals surface area contributed by atoms with E-state index in [4.69, 9.17) is 16.3 Å². The van der Waals surface area contributed by atoms with E-state index in [0.717, 1.165) is 24.9 Å². The zero-order valence-electron chi connectivity index (χ0n) is 18.4. The first kappa shape index (κ1) is 22.9. The highest BCUT2D eigenvalue weighted by molar-refractivity contribution is 6.40. The highest BCUT2D eigenvalue weighted by Gasteiger charge is 2.22. The lowest BCUT2D eigenvalue weighted by Gasteiger charge is -2.30. The van der Waals surface area contributed by atoms with Crippen molar-refractivity contribution in [3.63, 3.8) is 0 Å². The summed E-state index contributed by atoms with van der Waals surface area (Å²) in [5.74, 6) is -1.06. The third kappa shape index (κ3) is 5.48. The average Bonchev–Trinajstić information content (AvgIpc) is 2.73. The highest BCUT2D eigenvalue weighted by atomic mass is 35.5. The van der Waals surface area contributed by atoms with E-state index in [1.165, 1.54) is 18.4 Å². The molecular weight excluding hydrogens is 416 g/mol. The molecule has 2 aromatic carbocycles. The van der Waals surface area contributed by atoms with E-state index in [-0.39, 0.29) is 6.04 Å². The van der Waals surface area contributed by atoms with Gasteiger partial charge in [-0.3, -0.25) is 9.59 Å². The molecule has 0 saturated carbocycles. The fraction of sp³-hybridized carbons (Fsp3) is 0.391. The third-order valence-electron chi connectivity index (χ3n) is 5.53. The predicted molar refractivity (Wildman–Crippen MR) is 124 cm³/mol. The number of nitrogens with one attached hydrogen (secondary N) is 2. The number of benzene rings is 2. The second-order valence-corrected chi connectivity index (χ2v) is 8.34. The number of nitrogens with zero attached hydrogens (tertiary/aromatic N) is 2. The summed E-state index contributed by atoms with van der Waals surface area (Å²) in [6, 6.07) is 11.2. The summed E-state index contributed by atoms with van der Waals surface area (Å²) in [4.78, 5) is 29.1. The Kier molecular flexibility index (Phi) is 7.41. The first-order valence-corrected chi connectivity index (χ1v) is 10.6. The largest absolute Gasteiger partial charge is 0.495 e. The summed E-state index contributed by atoms with van der Waals surface area (Å²) in [7, 11) is 7.50. The summed E-state index contributed by atoms with van der Waals surface area (Å²) >= 11 is 5.99. The van der Waals surface area contributed by atoms with Gasteiger partial charge >= 0.3 is 11.8 Å². The van der Waals surface area contributed by atoms with Crippen LogP contribution in [-0.2, 0) is 16.0 Å². The molecule has 0 unspecified atom stereocenters. The van der Waals surface area contributed by atoms with Gasteiger partial charge < -0.3 is 25.2 Å². The first-order valence-electron chi connectivity index (χ1n) is 10.2. The summed E-state index contributed by atoms with van der Waals surface area (Å²) in [5.41, 5.74) is 4.02. The number of carbonyl (C=O) groups is 2. The van der Waals surface area contributed by atoms with Gasteiger partial charge in [0.05, 0.1) is 18.8 Å². The van der Waals surface area contributed by atoms with Crippen molar-refractivity contribution in [1.82, 2.24) is 10.2 Å². The first-order chi connectivity index (χ1) is 14.8. The number of halogens is 1. The lowest BCUT2D eigenvalue weighted by Crippen LogP contribution is -2.40. The van der Waals surface area contributed by atoms with Gasteiger partial charge in [0.1, 0.15) is 5.75 Å².